The summed E-state index contributed by atoms with van der Waals surface area (Å²) in [6, 6.07) is 10.5. The summed E-state index contributed by atoms with van der Waals surface area (Å²) in [7, 11) is 1.43. The van der Waals surface area contributed by atoms with Crippen LogP contribution in [0.5, 0.6) is 5.75 Å². The highest BCUT2D eigenvalue weighted by Crippen LogP contribution is 2.35. The van der Waals surface area contributed by atoms with Crippen LogP contribution in [0.4, 0.5) is 9.18 Å². The third-order valence-corrected chi connectivity index (χ3v) is 5.77. The first kappa shape index (κ1) is 20.9. The molecule has 1 atom stereocenters. The van der Waals surface area contributed by atoms with Crippen LogP contribution in [-0.2, 0) is 0 Å². The molecule has 0 bridgehead atoms. The Hall–Kier alpha value is -3.35. The molecule has 1 N–H and O–H groups in total. The molecule has 3 aromatic rings. The fourth-order valence-corrected chi connectivity index (χ4v) is 4.14. The van der Waals surface area contributed by atoms with E-state index < -0.39 is 11.9 Å². The molecule has 6 nitrogen and oxygen atoms in total. The maximum Gasteiger partial charge on any atom is 0.407 e. The highest BCUT2D eigenvalue weighted by Gasteiger charge is 2.34. The second kappa shape index (κ2) is 7.72. The van der Waals surface area contributed by atoms with Gasteiger partial charge >= 0.3 is 6.09 Å². The van der Waals surface area contributed by atoms with E-state index in [1.807, 2.05) is 12.1 Å². The highest BCUT2D eigenvalue weighted by molar-refractivity contribution is 5.85. The van der Waals surface area contributed by atoms with E-state index in [2.05, 4.69) is 38.0 Å². The molecule has 0 saturated carbocycles. The fraction of sp³-hybridized carbons (Fsp3) is 0.333. The lowest BCUT2D eigenvalue weighted by molar-refractivity contribution is 0.100. The minimum atomic E-state index is -0.887. The lowest BCUT2D eigenvalue weighted by atomic mass is 9.81. The molecule has 162 valence electrons. The van der Waals surface area contributed by atoms with E-state index in [4.69, 9.17) is 4.74 Å². The smallest absolute Gasteiger partial charge is 0.407 e. The van der Waals surface area contributed by atoms with Crippen molar-refractivity contribution in [1.82, 2.24) is 14.7 Å². The van der Waals surface area contributed by atoms with Crippen LogP contribution in [0.1, 0.15) is 32.8 Å². The number of carboxylic acid groups (broad SMARTS) is 1. The number of hydrogen-bond donors (Lipinski definition) is 1. The monoisotopic (exact) mass is 423 g/mol. The summed E-state index contributed by atoms with van der Waals surface area (Å²) in [6.07, 6.45) is 3.63. The average molecular weight is 423 g/mol. The molecule has 0 radical (unpaired) electrons. The number of aromatic nitrogens is 2. The van der Waals surface area contributed by atoms with Gasteiger partial charge in [0.15, 0.2) is 11.6 Å². The molecule has 7 heteroatoms. The maximum absolute atomic E-state index is 13.8. The molecule has 0 saturated heterocycles. The third kappa shape index (κ3) is 3.87. The maximum atomic E-state index is 13.8. The zero-order valence-corrected chi connectivity index (χ0v) is 18.1. The van der Waals surface area contributed by atoms with Crippen molar-refractivity contribution in [3.8, 4) is 11.4 Å². The highest BCUT2D eigenvalue weighted by atomic mass is 19.1. The topological polar surface area (TPSA) is 67.6 Å². The molecule has 1 aromatic heterocycles. The van der Waals surface area contributed by atoms with Crippen molar-refractivity contribution in [1.29, 1.82) is 0 Å². The van der Waals surface area contributed by atoms with E-state index >= 15 is 0 Å². The number of benzene rings is 2. The zero-order valence-electron chi connectivity index (χ0n) is 18.1. The second-order valence-corrected chi connectivity index (χ2v) is 8.88. The van der Waals surface area contributed by atoms with Gasteiger partial charge in [0, 0.05) is 18.0 Å². The summed E-state index contributed by atoms with van der Waals surface area (Å²) < 4.78 is 20.6. The molecular weight excluding hydrogens is 397 g/mol. The molecule has 2 heterocycles. The lowest BCUT2D eigenvalue weighted by Gasteiger charge is -2.40. The Morgan fingerprint density at radius 1 is 1.23 bits per heavy atom. The van der Waals surface area contributed by atoms with Crippen molar-refractivity contribution < 1.29 is 19.0 Å². The normalized spacial score (nSPS) is 17.0. The Bertz CT molecular complexity index is 1180. The molecule has 0 spiro atoms. The Kier molecular flexibility index (Phi) is 5.21. The summed E-state index contributed by atoms with van der Waals surface area (Å²) in [6.45, 7) is 6.63. The Morgan fingerprint density at radius 2 is 2.00 bits per heavy atom. The van der Waals surface area contributed by atoms with Gasteiger partial charge in [-0.05, 0) is 47.2 Å². The first-order valence-corrected chi connectivity index (χ1v) is 10.2. The van der Waals surface area contributed by atoms with E-state index in [0.717, 1.165) is 22.0 Å². The van der Waals surface area contributed by atoms with Crippen molar-refractivity contribution in [2.75, 3.05) is 13.7 Å². The van der Waals surface area contributed by atoms with E-state index in [1.165, 1.54) is 18.1 Å². The number of methoxy groups -OCH3 is 1. The van der Waals surface area contributed by atoms with Gasteiger partial charge in [0.1, 0.15) is 0 Å². The van der Waals surface area contributed by atoms with Crippen molar-refractivity contribution in [3.05, 3.63) is 60.1 Å². The molecule has 1 amide bonds. The number of hydrogen-bond acceptors (Lipinski definition) is 3. The van der Waals surface area contributed by atoms with Crippen molar-refractivity contribution in [2.24, 2.45) is 5.41 Å². The van der Waals surface area contributed by atoms with Crippen molar-refractivity contribution in [3.63, 3.8) is 0 Å². The summed E-state index contributed by atoms with van der Waals surface area (Å²) in [5, 5.41) is 15.0. The van der Waals surface area contributed by atoms with Gasteiger partial charge in [0.2, 0.25) is 0 Å². The zero-order chi connectivity index (χ0) is 22.3. The Balaban J connectivity index is 1.72. The van der Waals surface area contributed by atoms with E-state index in [-0.39, 0.29) is 17.2 Å². The van der Waals surface area contributed by atoms with Crippen molar-refractivity contribution >= 4 is 22.6 Å². The SMILES string of the molecule is COc1cc(-n2ncc3cc(C4=CC(C(C)(C)C)N(C(=O)O)CC4)ccc32)ccc1F. The van der Waals surface area contributed by atoms with Gasteiger partial charge in [-0.25, -0.2) is 13.9 Å². The van der Waals surface area contributed by atoms with Crippen LogP contribution in [0, 0.1) is 11.2 Å². The van der Waals surface area contributed by atoms with E-state index in [1.54, 1.807) is 23.0 Å². The van der Waals surface area contributed by atoms with Crippen LogP contribution in [-0.4, -0.2) is 45.6 Å². The van der Waals surface area contributed by atoms with Crippen LogP contribution in [0.15, 0.2) is 48.7 Å². The number of nitrogens with zero attached hydrogens (tertiary/aromatic N) is 3. The van der Waals surface area contributed by atoms with Gasteiger partial charge in [-0.3, -0.25) is 0 Å². The molecule has 4 rings (SSSR count). The van der Waals surface area contributed by atoms with Gasteiger partial charge in [-0.2, -0.15) is 5.10 Å². The van der Waals surface area contributed by atoms with Crippen LogP contribution in [0.25, 0.3) is 22.2 Å². The van der Waals surface area contributed by atoms with E-state index in [9.17, 15) is 14.3 Å². The lowest BCUT2D eigenvalue weighted by Crippen LogP contribution is -2.48. The first-order valence-electron chi connectivity index (χ1n) is 10.2. The van der Waals surface area contributed by atoms with Crippen molar-refractivity contribution in [2.45, 2.75) is 33.2 Å². The van der Waals surface area contributed by atoms with Crippen LogP contribution >= 0.6 is 0 Å². The molecule has 0 fully saturated rings. The van der Waals surface area contributed by atoms with E-state index in [0.29, 0.717) is 18.7 Å². The molecule has 2 aromatic carbocycles. The quantitative estimate of drug-likeness (QED) is 0.616. The summed E-state index contributed by atoms with van der Waals surface area (Å²) in [5.41, 5.74) is 3.59. The molecule has 1 unspecified atom stereocenters. The van der Waals surface area contributed by atoms with Gasteiger partial charge in [0.25, 0.3) is 0 Å². The minimum Gasteiger partial charge on any atom is -0.494 e. The van der Waals surface area contributed by atoms with Crippen LogP contribution < -0.4 is 4.74 Å². The minimum absolute atomic E-state index is 0.168. The van der Waals surface area contributed by atoms with Gasteiger partial charge in [-0.1, -0.05) is 32.9 Å². The summed E-state index contributed by atoms with van der Waals surface area (Å²) >= 11 is 0. The first-order chi connectivity index (χ1) is 14.7. The molecule has 1 aliphatic heterocycles. The largest absolute Gasteiger partial charge is 0.494 e. The number of carbonyl (C=O) groups is 1. The number of ether oxygens (including phenoxy) is 1. The summed E-state index contributed by atoms with van der Waals surface area (Å²) in [5.74, 6) is -0.251. The number of fused-ring (bicyclic) bond motifs is 1. The number of amides is 1. The predicted octanol–water partition coefficient (Wildman–Crippen LogP) is 5.36. The summed E-state index contributed by atoms with van der Waals surface area (Å²) in [4.78, 5) is 13.2. The van der Waals surface area contributed by atoms with Gasteiger partial charge < -0.3 is 14.7 Å². The molecule has 1 aliphatic rings. The van der Waals surface area contributed by atoms with Gasteiger partial charge in [-0.15, -0.1) is 0 Å². The number of rotatable bonds is 3. The van der Waals surface area contributed by atoms with Gasteiger partial charge in [0.05, 0.1) is 30.6 Å². The molecular formula is C24H26FN3O3. The average Bonchev–Trinajstić information content (AvgIpc) is 3.16. The standard InChI is InChI=1S/C24H26FN3O3/c1-24(2,3)22-12-16(9-10-27(22)23(29)30)15-5-8-20-17(11-15)14-26-28(20)18-6-7-19(25)21(13-18)31-4/h5-8,11-14,22H,9-10H2,1-4H3,(H,29,30). The fourth-order valence-electron chi connectivity index (χ4n) is 4.14. The number of halogens is 1. The third-order valence-electron chi connectivity index (χ3n) is 5.77. The molecule has 31 heavy (non-hydrogen) atoms. The Morgan fingerprint density at radius 3 is 2.68 bits per heavy atom. The Labute approximate surface area is 180 Å². The predicted molar refractivity (Wildman–Crippen MR) is 118 cm³/mol. The van der Waals surface area contributed by atoms with Crippen LogP contribution in [0.2, 0.25) is 0 Å². The molecule has 0 aliphatic carbocycles. The second-order valence-electron chi connectivity index (χ2n) is 8.88. The van der Waals surface area contributed by atoms with Crippen LogP contribution in [0.3, 0.4) is 0 Å².